The van der Waals surface area contributed by atoms with Crippen molar-refractivity contribution in [1.29, 1.82) is 0 Å². The van der Waals surface area contributed by atoms with Crippen LogP contribution in [0.4, 0.5) is 16.2 Å². The first-order valence-electron chi connectivity index (χ1n) is 8.53. The van der Waals surface area contributed by atoms with Crippen molar-refractivity contribution in [2.45, 2.75) is 13.1 Å². The lowest BCUT2D eigenvalue weighted by Gasteiger charge is -2.18. The predicted octanol–water partition coefficient (Wildman–Crippen LogP) is 3.42. The minimum atomic E-state index is -0.510. The first kappa shape index (κ1) is 19.6. The Morgan fingerprint density at radius 3 is 2.64 bits per heavy atom. The van der Waals surface area contributed by atoms with E-state index in [1.165, 1.54) is 18.3 Å². The van der Waals surface area contributed by atoms with E-state index in [1.54, 1.807) is 6.07 Å². The average molecular weight is 400 g/mol. The molecule has 2 aromatic carbocycles. The zero-order valence-corrected chi connectivity index (χ0v) is 15.9. The Hall–Kier alpha value is -3.19. The third-order valence-electron chi connectivity index (χ3n) is 4.09. The Bertz CT molecular complexity index is 984. The molecule has 144 valence electrons. The van der Waals surface area contributed by atoms with Gasteiger partial charge in [-0.1, -0.05) is 48.0 Å². The van der Waals surface area contributed by atoms with Crippen LogP contribution in [0, 0.1) is 5.82 Å². The number of hydrogen-bond acceptors (Lipinski definition) is 5. The molecule has 0 aliphatic heterocycles. The van der Waals surface area contributed by atoms with Crippen molar-refractivity contribution < 1.29 is 9.18 Å². The standard InChI is InChI=1S/C20H19ClFN5O/c1-27(12-13-5-3-2-4-6-13)20-25-11-15(18(23)26-20)19(28)24-10-14-7-8-17(22)16(21)9-14/h2-9,11H,10,12H2,1H3,(H,24,28)(H2,23,25,26). The second-order valence-corrected chi connectivity index (χ2v) is 6.65. The van der Waals surface area contributed by atoms with Gasteiger partial charge >= 0.3 is 0 Å². The highest BCUT2D eigenvalue weighted by molar-refractivity contribution is 6.30. The molecule has 8 heteroatoms. The van der Waals surface area contributed by atoms with E-state index < -0.39 is 11.7 Å². The maximum atomic E-state index is 13.2. The van der Waals surface area contributed by atoms with Crippen molar-refractivity contribution >= 4 is 29.3 Å². The van der Waals surface area contributed by atoms with Crippen LogP contribution in [0.1, 0.15) is 21.5 Å². The number of halogens is 2. The average Bonchev–Trinajstić information content (AvgIpc) is 2.69. The number of rotatable bonds is 6. The summed E-state index contributed by atoms with van der Waals surface area (Å²) in [6.45, 7) is 0.783. The molecular formula is C20H19ClFN5O. The topological polar surface area (TPSA) is 84.1 Å². The number of carbonyl (C=O) groups is 1. The van der Waals surface area contributed by atoms with Crippen LogP contribution in [0.25, 0.3) is 0 Å². The number of nitrogens with two attached hydrogens (primary N) is 1. The highest BCUT2D eigenvalue weighted by Gasteiger charge is 2.14. The van der Waals surface area contributed by atoms with Gasteiger partial charge < -0.3 is 16.0 Å². The van der Waals surface area contributed by atoms with Crippen LogP contribution in [-0.2, 0) is 13.1 Å². The molecule has 1 amide bonds. The maximum Gasteiger partial charge on any atom is 0.256 e. The molecule has 6 nitrogen and oxygen atoms in total. The zero-order valence-electron chi connectivity index (χ0n) is 15.2. The van der Waals surface area contributed by atoms with E-state index in [0.717, 1.165) is 5.56 Å². The summed E-state index contributed by atoms with van der Waals surface area (Å²) in [7, 11) is 1.85. The van der Waals surface area contributed by atoms with E-state index in [9.17, 15) is 9.18 Å². The molecular weight excluding hydrogens is 381 g/mol. The van der Waals surface area contributed by atoms with E-state index in [2.05, 4.69) is 15.3 Å². The largest absolute Gasteiger partial charge is 0.383 e. The fraction of sp³-hybridized carbons (Fsp3) is 0.150. The summed E-state index contributed by atoms with van der Waals surface area (Å²) in [5, 5.41) is 2.70. The molecule has 1 heterocycles. The van der Waals surface area contributed by atoms with Crippen LogP contribution < -0.4 is 16.0 Å². The predicted molar refractivity (Wildman–Crippen MR) is 108 cm³/mol. The molecule has 0 fully saturated rings. The van der Waals surface area contributed by atoms with Gasteiger partial charge in [-0.15, -0.1) is 0 Å². The number of carbonyl (C=O) groups excluding carboxylic acids is 1. The normalized spacial score (nSPS) is 10.5. The van der Waals surface area contributed by atoms with Crippen LogP contribution >= 0.6 is 11.6 Å². The van der Waals surface area contributed by atoms with Crippen LogP contribution in [0.2, 0.25) is 5.02 Å². The fourth-order valence-corrected chi connectivity index (χ4v) is 2.80. The van der Waals surface area contributed by atoms with Gasteiger partial charge in [0.15, 0.2) is 0 Å². The molecule has 3 aromatic rings. The van der Waals surface area contributed by atoms with E-state index >= 15 is 0 Å². The van der Waals surface area contributed by atoms with Gasteiger partial charge in [-0.05, 0) is 23.3 Å². The molecule has 0 aliphatic rings. The van der Waals surface area contributed by atoms with Crippen molar-refractivity contribution in [1.82, 2.24) is 15.3 Å². The van der Waals surface area contributed by atoms with Gasteiger partial charge in [0.25, 0.3) is 5.91 Å². The molecule has 0 spiro atoms. The van der Waals surface area contributed by atoms with Crippen LogP contribution in [0.5, 0.6) is 0 Å². The van der Waals surface area contributed by atoms with Crippen molar-refractivity contribution in [3.8, 4) is 0 Å². The van der Waals surface area contributed by atoms with Gasteiger partial charge in [-0.25, -0.2) is 9.37 Å². The first-order valence-corrected chi connectivity index (χ1v) is 8.91. The minimum Gasteiger partial charge on any atom is -0.383 e. The Morgan fingerprint density at radius 1 is 1.21 bits per heavy atom. The van der Waals surface area contributed by atoms with E-state index in [4.69, 9.17) is 17.3 Å². The summed E-state index contributed by atoms with van der Waals surface area (Å²) in [6.07, 6.45) is 1.39. The SMILES string of the molecule is CN(Cc1ccccc1)c1ncc(C(=O)NCc2ccc(F)c(Cl)c2)c(N)n1. The van der Waals surface area contributed by atoms with Crippen LogP contribution in [0.3, 0.4) is 0 Å². The third kappa shape index (κ3) is 4.75. The van der Waals surface area contributed by atoms with E-state index in [0.29, 0.717) is 18.1 Å². The molecule has 0 unspecified atom stereocenters. The highest BCUT2D eigenvalue weighted by Crippen LogP contribution is 2.17. The van der Waals surface area contributed by atoms with Crippen molar-refractivity contribution in [3.05, 3.63) is 82.3 Å². The molecule has 0 saturated heterocycles. The number of amides is 1. The summed E-state index contributed by atoms with van der Waals surface area (Å²) in [4.78, 5) is 22.7. The molecule has 0 saturated carbocycles. The number of hydrogen-bond donors (Lipinski definition) is 2. The molecule has 3 rings (SSSR count). The number of anilines is 2. The maximum absolute atomic E-state index is 13.2. The number of aromatic nitrogens is 2. The minimum absolute atomic E-state index is 0.000373. The highest BCUT2D eigenvalue weighted by atomic mass is 35.5. The molecule has 0 aliphatic carbocycles. The van der Waals surface area contributed by atoms with Crippen LogP contribution in [0.15, 0.2) is 54.7 Å². The third-order valence-corrected chi connectivity index (χ3v) is 4.38. The van der Waals surface area contributed by atoms with E-state index in [-0.39, 0.29) is 22.9 Å². The monoisotopic (exact) mass is 399 g/mol. The Kier molecular flexibility index (Phi) is 6.06. The lowest BCUT2D eigenvalue weighted by molar-refractivity contribution is 0.0951. The fourth-order valence-electron chi connectivity index (χ4n) is 2.60. The van der Waals surface area contributed by atoms with Gasteiger partial charge in [-0.2, -0.15) is 4.98 Å². The summed E-state index contributed by atoms with van der Waals surface area (Å²) in [6, 6.07) is 14.1. The first-order chi connectivity index (χ1) is 13.4. The smallest absolute Gasteiger partial charge is 0.256 e. The van der Waals surface area contributed by atoms with Crippen molar-refractivity contribution in [2.24, 2.45) is 0 Å². The number of benzene rings is 2. The molecule has 28 heavy (non-hydrogen) atoms. The zero-order chi connectivity index (χ0) is 20.1. The molecule has 1 aromatic heterocycles. The van der Waals surface area contributed by atoms with Gasteiger partial charge in [0.2, 0.25) is 5.95 Å². The Morgan fingerprint density at radius 2 is 1.96 bits per heavy atom. The Balaban J connectivity index is 1.65. The molecule has 3 N–H and O–H groups in total. The molecule has 0 radical (unpaired) electrons. The summed E-state index contributed by atoms with van der Waals surface area (Å²) in [5.41, 5.74) is 7.90. The van der Waals surface area contributed by atoms with Gasteiger partial charge in [0.1, 0.15) is 11.6 Å². The molecule has 0 bridgehead atoms. The van der Waals surface area contributed by atoms with Crippen molar-refractivity contribution in [3.63, 3.8) is 0 Å². The quantitative estimate of drug-likeness (QED) is 0.663. The second kappa shape index (κ2) is 8.67. The van der Waals surface area contributed by atoms with Crippen molar-refractivity contribution in [2.75, 3.05) is 17.7 Å². The number of nitrogen functional groups attached to an aromatic ring is 1. The number of nitrogens with zero attached hydrogens (tertiary/aromatic N) is 3. The second-order valence-electron chi connectivity index (χ2n) is 6.24. The lowest BCUT2D eigenvalue weighted by atomic mass is 10.2. The summed E-state index contributed by atoms with van der Waals surface area (Å²) in [5.74, 6) is -0.428. The van der Waals surface area contributed by atoms with Gasteiger partial charge in [0, 0.05) is 26.3 Å². The Labute approximate surface area is 167 Å². The summed E-state index contributed by atoms with van der Waals surface area (Å²) < 4.78 is 13.2. The van der Waals surface area contributed by atoms with Crippen LogP contribution in [-0.4, -0.2) is 22.9 Å². The number of nitrogens with one attached hydrogen (secondary N) is 1. The summed E-state index contributed by atoms with van der Waals surface area (Å²) >= 11 is 5.74. The van der Waals surface area contributed by atoms with Gasteiger partial charge in [-0.3, -0.25) is 4.79 Å². The molecule has 0 atom stereocenters. The van der Waals surface area contributed by atoms with E-state index in [1.807, 2.05) is 42.3 Å². The lowest BCUT2D eigenvalue weighted by Crippen LogP contribution is -2.26. The van der Waals surface area contributed by atoms with Gasteiger partial charge in [0.05, 0.1) is 10.6 Å².